The van der Waals surface area contributed by atoms with Crippen molar-refractivity contribution in [1.82, 2.24) is 9.55 Å². The van der Waals surface area contributed by atoms with Gasteiger partial charge < -0.3 is 14.6 Å². The maximum absolute atomic E-state index is 11.6. The first kappa shape index (κ1) is 14.3. The summed E-state index contributed by atoms with van der Waals surface area (Å²) in [4.78, 5) is 4.42. The number of nitrogens with zero attached hydrogens (tertiary/aromatic N) is 2. The number of aromatic nitrogens is 2. The first-order valence-corrected chi connectivity index (χ1v) is 8.17. The average Bonchev–Trinajstić information content (AvgIpc) is 2.76. The van der Waals surface area contributed by atoms with Crippen molar-refractivity contribution in [3.63, 3.8) is 0 Å². The first-order chi connectivity index (χ1) is 8.84. The molecule has 2 rings (SSSR count). The SMILES string of the molecule is COCCn1cc(C)nc1NC1(C)CCS(=O)(=O)C1. The summed E-state index contributed by atoms with van der Waals surface area (Å²) < 4.78 is 30.3. The van der Waals surface area contributed by atoms with Crippen LogP contribution in [0.2, 0.25) is 0 Å². The number of hydrogen-bond donors (Lipinski definition) is 1. The van der Waals surface area contributed by atoms with Crippen LogP contribution in [0.1, 0.15) is 19.0 Å². The summed E-state index contributed by atoms with van der Waals surface area (Å²) in [5.41, 5.74) is 0.476. The number of hydrogen-bond acceptors (Lipinski definition) is 5. The minimum atomic E-state index is -2.92. The van der Waals surface area contributed by atoms with Crippen LogP contribution in [-0.2, 0) is 21.1 Å². The minimum absolute atomic E-state index is 0.163. The topological polar surface area (TPSA) is 73.2 Å². The highest BCUT2D eigenvalue weighted by Gasteiger charge is 2.39. The molecule has 1 aromatic heterocycles. The van der Waals surface area contributed by atoms with Crippen LogP contribution in [0.3, 0.4) is 0 Å². The Hall–Kier alpha value is -1.08. The molecule has 0 amide bonds. The fourth-order valence-corrected chi connectivity index (χ4v) is 4.48. The third-order valence-corrected chi connectivity index (χ3v) is 5.25. The van der Waals surface area contributed by atoms with Gasteiger partial charge in [-0.1, -0.05) is 0 Å². The predicted molar refractivity (Wildman–Crippen MR) is 74.1 cm³/mol. The van der Waals surface area contributed by atoms with E-state index in [0.717, 1.165) is 5.69 Å². The zero-order valence-corrected chi connectivity index (χ0v) is 12.5. The molecule has 0 saturated carbocycles. The second kappa shape index (κ2) is 5.13. The van der Waals surface area contributed by atoms with E-state index in [2.05, 4.69) is 10.3 Å². The summed E-state index contributed by atoms with van der Waals surface area (Å²) >= 11 is 0. The van der Waals surface area contributed by atoms with Crippen LogP contribution in [0.5, 0.6) is 0 Å². The second-order valence-corrected chi connectivity index (χ2v) is 7.60. The quantitative estimate of drug-likeness (QED) is 0.868. The van der Waals surface area contributed by atoms with E-state index < -0.39 is 15.4 Å². The van der Waals surface area contributed by atoms with E-state index in [9.17, 15) is 8.42 Å². The fourth-order valence-electron chi connectivity index (χ4n) is 2.39. The van der Waals surface area contributed by atoms with Crippen molar-refractivity contribution >= 4 is 15.8 Å². The fraction of sp³-hybridized carbons (Fsp3) is 0.750. The van der Waals surface area contributed by atoms with E-state index in [1.807, 2.05) is 24.6 Å². The summed E-state index contributed by atoms with van der Waals surface area (Å²) in [5.74, 6) is 1.12. The van der Waals surface area contributed by atoms with Crippen LogP contribution < -0.4 is 5.32 Å². The molecule has 0 radical (unpaired) electrons. The lowest BCUT2D eigenvalue weighted by molar-refractivity contribution is 0.187. The van der Waals surface area contributed by atoms with Gasteiger partial charge in [-0.05, 0) is 20.3 Å². The lowest BCUT2D eigenvalue weighted by atomic mass is 10.0. The van der Waals surface area contributed by atoms with E-state index in [-0.39, 0.29) is 11.5 Å². The molecule has 1 aliphatic rings. The molecular weight excluding hydrogens is 266 g/mol. The Labute approximate surface area is 114 Å². The van der Waals surface area contributed by atoms with E-state index in [1.54, 1.807) is 7.11 Å². The summed E-state index contributed by atoms with van der Waals surface area (Å²) in [6.45, 7) is 5.15. The van der Waals surface area contributed by atoms with Gasteiger partial charge in [0.05, 0.1) is 29.3 Å². The molecule has 1 fully saturated rings. The van der Waals surface area contributed by atoms with Crippen molar-refractivity contribution in [3.05, 3.63) is 11.9 Å². The summed E-state index contributed by atoms with van der Waals surface area (Å²) in [5, 5.41) is 3.29. The van der Waals surface area contributed by atoms with Gasteiger partial charge in [0.15, 0.2) is 9.84 Å². The molecule has 1 aromatic rings. The highest BCUT2D eigenvalue weighted by atomic mass is 32.2. The largest absolute Gasteiger partial charge is 0.383 e. The van der Waals surface area contributed by atoms with Gasteiger partial charge in [-0.2, -0.15) is 0 Å². The molecule has 1 N–H and O–H groups in total. The second-order valence-electron chi connectivity index (χ2n) is 5.42. The molecule has 1 saturated heterocycles. The molecule has 6 nitrogen and oxygen atoms in total. The third kappa shape index (κ3) is 3.48. The zero-order valence-electron chi connectivity index (χ0n) is 11.6. The Balaban J connectivity index is 2.14. The zero-order chi connectivity index (χ0) is 14.1. The van der Waals surface area contributed by atoms with Gasteiger partial charge >= 0.3 is 0 Å². The maximum atomic E-state index is 11.6. The number of methoxy groups -OCH3 is 1. The number of ether oxygens (including phenoxy) is 1. The van der Waals surface area contributed by atoms with Gasteiger partial charge in [-0.15, -0.1) is 0 Å². The van der Waals surface area contributed by atoms with Gasteiger partial charge in [0.2, 0.25) is 5.95 Å². The molecule has 1 unspecified atom stereocenters. The van der Waals surface area contributed by atoms with E-state index in [1.165, 1.54) is 0 Å². The Morgan fingerprint density at radius 3 is 2.89 bits per heavy atom. The van der Waals surface area contributed by atoms with Crippen LogP contribution in [-0.4, -0.2) is 48.7 Å². The van der Waals surface area contributed by atoms with Crippen LogP contribution in [0.4, 0.5) is 5.95 Å². The van der Waals surface area contributed by atoms with Gasteiger partial charge in [0.25, 0.3) is 0 Å². The van der Waals surface area contributed by atoms with Gasteiger partial charge in [-0.25, -0.2) is 13.4 Å². The minimum Gasteiger partial charge on any atom is -0.383 e. The normalized spacial score (nSPS) is 25.6. The van der Waals surface area contributed by atoms with Crippen LogP contribution in [0, 0.1) is 6.92 Å². The number of imidazole rings is 1. The van der Waals surface area contributed by atoms with Crippen molar-refractivity contribution < 1.29 is 13.2 Å². The number of sulfone groups is 1. The smallest absolute Gasteiger partial charge is 0.203 e. The van der Waals surface area contributed by atoms with E-state index >= 15 is 0 Å². The number of rotatable bonds is 5. The standard InChI is InChI=1S/C12H21N3O3S/c1-10-8-15(5-6-18-3)11(13-10)14-12(2)4-7-19(16,17)9-12/h8H,4-7,9H2,1-3H3,(H,13,14). The summed E-state index contributed by atoms with van der Waals surface area (Å²) in [6, 6.07) is 0. The molecule has 1 aliphatic heterocycles. The van der Waals surface area contributed by atoms with E-state index in [4.69, 9.17) is 4.74 Å². The molecule has 0 aromatic carbocycles. The molecule has 0 aliphatic carbocycles. The van der Waals surface area contributed by atoms with Crippen molar-refractivity contribution in [1.29, 1.82) is 0 Å². The highest BCUT2D eigenvalue weighted by Crippen LogP contribution is 2.27. The van der Waals surface area contributed by atoms with E-state index in [0.29, 0.717) is 25.5 Å². The Morgan fingerprint density at radius 2 is 2.32 bits per heavy atom. The van der Waals surface area contributed by atoms with Gasteiger partial charge in [-0.3, -0.25) is 0 Å². The van der Waals surface area contributed by atoms with Crippen molar-refractivity contribution in [2.45, 2.75) is 32.4 Å². The third-order valence-electron chi connectivity index (χ3n) is 3.35. The molecule has 19 heavy (non-hydrogen) atoms. The molecule has 2 heterocycles. The molecule has 7 heteroatoms. The van der Waals surface area contributed by atoms with Crippen molar-refractivity contribution in [2.75, 3.05) is 30.5 Å². The summed E-state index contributed by atoms with van der Waals surface area (Å²) in [6.07, 6.45) is 2.56. The lowest BCUT2D eigenvalue weighted by Crippen LogP contribution is -2.37. The van der Waals surface area contributed by atoms with Crippen LogP contribution >= 0.6 is 0 Å². The van der Waals surface area contributed by atoms with Crippen molar-refractivity contribution in [3.8, 4) is 0 Å². The maximum Gasteiger partial charge on any atom is 0.203 e. The average molecular weight is 287 g/mol. The molecule has 1 atom stereocenters. The van der Waals surface area contributed by atoms with Gasteiger partial charge in [0.1, 0.15) is 0 Å². The number of anilines is 1. The lowest BCUT2D eigenvalue weighted by Gasteiger charge is -2.25. The Morgan fingerprint density at radius 1 is 1.58 bits per heavy atom. The molecule has 108 valence electrons. The monoisotopic (exact) mass is 287 g/mol. The molecular formula is C12H21N3O3S. The number of aryl methyl sites for hydroxylation is 1. The van der Waals surface area contributed by atoms with Gasteiger partial charge in [0, 0.05) is 19.9 Å². The highest BCUT2D eigenvalue weighted by molar-refractivity contribution is 7.91. The van der Waals surface area contributed by atoms with Crippen molar-refractivity contribution in [2.24, 2.45) is 0 Å². The Bertz CT molecular complexity index is 553. The van der Waals surface area contributed by atoms with Crippen LogP contribution in [0.15, 0.2) is 6.20 Å². The Kier molecular flexibility index (Phi) is 3.87. The van der Waals surface area contributed by atoms with Crippen LogP contribution in [0.25, 0.3) is 0 Å². The predicted octanol–water partition coefficient (Wildman–Crippen LogP) is 0.827. The first-order valence-electron chi connectivity index (χ1n) is 6.35. The summed E-state index contributed by atoms with van der Waals surface area (Å²) in [7, 11) is -1.27. The molecule has 0 spiro atoms. The number of nitrogens with one attached hydrogen (secondary N) is 1. The molecule has 0 bridgehead atoms.